The summed E-state index contributed by atoms with van der Waals surface area (Å²) in [6.45, 7) is 3.69. The number of benzene rings is 2. The fourth-order valence-corrected chi connectivity index (χ4v) is 4.57. The molecule has 0 radical (unpaired) electrons. The number of carbonyl (C=O) groups is 3. The quantitative estimate of drug-likeness (QED) is 0.537. The molecular formula is C26H30N2O5. The molecule has 1 fully saturated rings. The maximum absolute atomic E-state index is 12.6. The summed E-state index contributed by atoms with van der Waals surface area (Å²) in [4.78, 5) is 36.5. The van der Waals surface area contributed by atoms with Crippen LogP contribution in [0.4, 0.5) is 4.79 Å². The second kappa shape index (κ2) is 9.65. The van der Waals surface area contributed by atoms with Gasteiger partial charge in [0.05, 0.1) is 0 Å². The van der Waals surface area contributed by atoms with Crippen LogP contribution in [0.1, 0.15) is 50.2 Å². The average molecular weight is 451 g/mol. The maximum Gasteiger partial charge on any atom is 0.407 e. The number of hydrogen-bond acceptors (Lipinski definition) is 4. The van der Waals surface area contributed by atoms with Crippen LogP contribution in [0, 0.1) is 11.8 Å². The van der Waals surface area contributed by atoms with E-state index in [1.807, 2.05) is 24.3 Å². The lowest BCUT2D eigenvalue weighted by Crippen LogP contribution is -2.47. The van der Waals surface area contributed by atoms with Crippen LogP contribution in [0.3, 0.4) is 0 Å². The molecule has 0 aliphatic heterocycles. The first-order valence-electron chi connectivity index (χ1n) is 11.5. The van der Waals surface area contributed by atoms with Gasteiger partial charge in [-0.15, -0.1) is 0 Å². The molecule has 1 unspecified atom stereocenters. The van der Waals surface area contributed by atoms with Gasteiger partial charge in [-0.05, 0) is 46.9 Å². The summed E-state index contributed by atoms with van der Waals surface area (Å²) < 4.78 is 5.61. The van der Waals surface area contributed by atoms with Crippen molar-refractivity contribution in [2.24, 2.45) is 11.8 Å². The number of carboxylic acids is 1. The van der Waals surface area contributed by atoms with Gasteiger partial charge >= 0.3 is 12.1 Å². The minimum atomic E-state index is -1.06. The van der Waals surface area contributed by atoms with Crippen LogP contribution >= 0.6 is 0 Å². The fourth-order valence-electron chi connectivity index (χ4n) is 4.57. The first-order valence-corrected chi connectivity index (χ1v) is 11.5. The Kier molecular flexibility index (Phi) is 6.67. The van der Waals surface area contributed by atoms with Gasteiger partial charge in [-0.3, -0.25) is 4.79 Å². The van der Waals surface area contributed by atoms with Crippen molar-refractivity contribution in [3.63, 3.8) is 0 Å². The minimum Gasteiger partial charge on any atom is -0.480 e. The van der Waals surface area contributed by atoms with E-state index >= 15 is 0 Å². The number of hydrogen-bond donors (Lipinski definition) is 3. The number of nitrogens with one attached hydrogen (secondary N) is 2. The Labute approximate surface area is 193 Å². The highest BCUT2D eigenvalue weighted by atomic mass is 16.5. The molecule has 1 saturated carbocycles. The summed E-state index contributed by atoms with van der Waals surface area (Å²) in [5, 5.41) is 14.7. The van der Waals surface area contributed by atoms with Crippen molar-refractivity contribution in [1.29, 1.82) is 0 Å². The number of carboxylic acid groups (broad SMARTS) is 1. The Hall–Kier alpha value is -3.35. The number of rotatable bonds is 9. The van der Waals surface area contributed by atoms with Crippen molar-refractivity contribution >= 4 is 18.0 Å². The fraction of sp³-hybridized carbons (Fsp3) is 0.423. The standard InChI is InChI=1S/C26H30N2O5/c1-15(2)24(25(30)31)28-23(29)13-22(16-11-12-16)27-26(32)33-14-21-19-9-5-3-7-17(19)18-8-4-6-10-20(18)21/h3-10,15-16,21-22,24H,11-14H2,1-2H3,(H,27,32)(H,28,29)(H,30,31)/t22?,24-/m0/s1. The Morgan fingerprint density at radius 3 is 2.06 bits per heavy atom. The molecule has 2 atom stereocenters. The van der Waals surface area contributed by atoms with Crippen molar-refractivity contribution < 1.29 is 24.2 Å². The van der Waals surface area contributed by atoms with Crippen molar-refractivity contribution in [3.8, 4) is 11.1 Å². The highest BCUT2D eigenvalue weighted by Gasteiger charge is 2.36. The van der Waals surface area contributed by atoms with Crippen LogP contribution in [0.2, 0.25) is 0 Å². The smallest absolute Gasteiger partial charge is 0.407 e. The van der Waals surface area contributed by atoms with Gasteiger partial charge in [0.2, 0.25) is 5.91 Å². The Morgan fingerprint density at radius 1 is 0.970 bits per heavy atom. The minimum absolute atomic E-state index is 0.0331. The molecule has 0 bridgehead atoms. The van der Waals surface area contributed by atoms with Crippen molar-refractivity contribution in [3.05, 3.63) is 59.7 Å². The van der Waals surface area contributed by atoms with Crippen LogP contribution in [-0.2, 0) is 14.3 Å². The van der Waals surface area contributed by atoms with E-state index in [2.05, 4.69) is 34.9 Å². The molecule has 174 valence electrons. The van der Waals surface area contributed by atoms with Gasteiger partial charge < -0.3 is 20.5 Å². The van der Waals surface area contributed by atoms with Crippen molar-refractivity contribution in [1.82, 2.24) is 10.6 Å². The van der Waals surface area contributed by atoms with Crippen molar-refractivity contribution in [2.75, 3.05) is 6.61 Å². The van der Waals surface area contributed by atoms with Crippen molar-refractivity contribution in [2.45, 2.75) is 51.1 Å². The number of fused-ring (bicyclic) bond motifs is 3. The Morgan fingerprint density at radius 2 is 1.55 bits per heavy atom. The maximum atomic E-state index is 12.6. The van der Waals surface area contributed by atoms with Gasteiger partial charge in [0, 0.05) is 18.4 Å². The molecular weight excluding hydrogens is 420 g/mol. The van der Waals surface area contributed by atoms with Gasteiger partial charge in [0.1, 0.15) is 12.6 Å². The molecule has 0 aromatic heterocycles. The third-order valence-corrected chi connectivity index (χ3v) is 6.49. The van der Waals surface area contributed by atoms with E-state index in [1.165, 1.54) is 0 Å². The van der Waals surface area contributed by atoms with E-state index in [0.717, 1.165) is 35.1 Å². The van der Waals surface area contributed by atoms with Gasteiger partial charge in [-0.2, -0.15) is 0 Å². The summed E-state index contributed by atoms with van der Waals surface area (Å²) in [6, 6.07) is 14.9. The Bertz CT molecular complexity index is 1000. The Balaban J connectivity index is 1.36. The highest BCUT2D eigenvalue weighted by Crippen LogP contribution is 2.44. The monoisotopic (exact) mass is 450 g/mol. The van der Waals surface area contributed by atoms with E-state index in [4.69, 9.17) is 4.74 Å². The predicted octanol–water partition coefficient (Wildman–Crippen LogP) is 3.92. The molecule has 0 saturated heterocycles. The molecule has 2 aromatic rings. The summed E-state index contributed by atoms with van der Waals surface area (Å²) in [7, 11) is 0. The third kappa shape index (κ3) is 5.18. The number of aliphatic carboxylic acids is 1. The molecule has 2 aliphatic carbocycles. The predicted molar refractivity (Wildman–Crippen MR) is 124 cm³/mol. The van der Waals surface area contributed by atoms with E-state index in [1.54, 1.807) is 13.8 Å². The summed E-state index contributed by atoms with van der Waals surface area (Å²) in [5.74, 6) is -1.51. The number of amides is 2. The first-order chi connectivity index (χ1) is 15.8. The van der Waals surface area contributed by atoms with Crippen LogP contribution in [0.25, 0.3) is 11.1 Å². The zero-order chi connectivity index (χ0) is 23.5. The number of ether oxygens (including phenoxy) is 1. The molecule has 33 heavy (non-hydrogen) atoms. The second-order valence-corrected chi connectivity index (χ2v) is 9.25. The van der Waals surface area contributed by atoms with Gasteiger partial charge in [0.25, 0.3) is 0 Å². The lowest BCUT2D eigenvalue weighted by atomic mass is 9.98. The molecule has 4 rings (SSSR count). The van der Waals surface area contributed by atoms with E-state index in [9.17, 15) is 19.5 Å². The average Bonchev–Trinajstić information content (AvgIpc) is 3.58. The summed E-state index contributed by atoms with van der Waals surface area (Å²) in [5.41, 5.74) is 4.59. The lowest BCUT2D eigenvalue weighted by Gasteiger charge is -2.22. The zero-order valence-corrected chi connectivity index (χ0v) is 18.9. The first kappa shape index (κ1) is 22.8. The molecule has 3 N–H and O–H groups in total. The number of alkyl carbamates (subject to hydrolysis) is 1. The second-order valence-electron chi connectivity index (χ2n) is 9.25. The molecule has 0 heterocycles. The van der Waals surface area contributed by atoms with Crippen LogP contribution in [0.5, 0.6) is 0 Å². The van der Waals surface area contributed by atoms with Crippen LogP contribution in [-0.4, -0.2) is 41.8 Å². The molecule has 7 nitrogen and oxygen atoms in total. The van der Waals surface area contributed by atoms with Crippen LogP contribution in [0.15, 0.2) is 48.5 Å². The largest absolute Gasteiger partial charge is 0.480 e. The molecule has 2 aromatic carbocycles. The van der Waals surface area contributed by atoms with Gasteiger partial charge in [-0.1, -0.05) is 62.4 Å². The molecule has 7 heteroatoms. The van der Waals surface area contributed by atoms with Crippen LogP contribution < -0.4 is 10.6 Å². The van der Waals surface area contributed by atoms with Gasteiger partial charge in [-0.25, -0.2) is 9.59 Å². The number of carbonyl (C=O) groups excluding carboxylic acids is 2. The van der Waals surface area contributed by atoms with E-state index in [0.29, 0.717) is 0 Å². The summed E-state index contributed by atoms with van der Waals surface area (Å²) in [6.07, 6.45) is 1.33. The topological polar surface area (TPSA) is 105 Å². The van der Waals surface area contributed by atoms with E-state index < -0.39 is 18.1 Å². The third-order valence-electron chi connectivity index (χ3n) is 6.49. The normalized spacial score (nSPS) is 16.5. The highest BCUT2D eigenvalue weighted by molar-refractivity contribution is 5.84. The molecule has 2 amide bonds. The van der Waals surface area contributed by atoms with E-state index in [-0.39, 0.29) is 42.7 Å². The SMILES string of the molecule is CC(C)[C@H](NC(=O)CC(NC(=O)OCC1c2ccccc2-c2ccccc21)C1CC1)C(=O)O. The molecule has 2 aliphatic rings. The molecule has 0 spiro atoms. The summed E-state index contributed by atoms with van der Waals surface area (Å²) >= 11 is 0. The van der Waals surface area contributed by atoms with Gasteiger partial charge in [0.15, 0.2) is 0 Å². The lowest BCUT2D eigenvalue weighted by molar-refractivity contribution is -0.143. The zero-order valence-electron chi connectivity index (χ0n) is 18.9.